The number of nitrogens with one attached hydrogen (secondary N) is 1. The smallest absolute Gasteiger partial charge is 0.228 e. The number of rotatable bonds is 5. The Morgan fingerprint density at radius 2 is 1.91 bits per heavy atom. The number of allylic oxidation sites excluding steroid dienone is 1. The van der Waals surface area contributed by atoms with E-state index in [-0.39, 0.29) is 0 Å². The first kappa shape index (κ1) is 21.8. The normalized spacial score (nSPS) is 17.1. The van der Waals surface area contributed by atoms with Gasteiger partial charge in [0.15, 0.2) is 11.5 Å². The highest BCUT2D eigenvalue weighted by atomic mass is 15.4. The number of anilines is 2. The number of hydrogen-bond acceptors (Lipinski definition) is 6. The maximum Gasteiger partial charge on any atom is 0.228 e. The molecule has 0 bridgehead atoms. The molecule has 35 heavy (non-hydrogen) atoms. The van der Waals surface area contributed by atoms with Gasteiger partial charge in [-0.3, -0.25) is 0 Å². The zero-order valence-electron chi connectivity index (χ0n) is 20.8. The molecule has 3 heterocycles. The summed E-state index contributed by atoms with van der Waals surface area (Å²) in [6.07, 6.45) is 8.09. The van der Waals surface area contributed by atoms with Crippen LogP contribution >= 0.6 is 0 Å². The second-order valence-corrected chi connectivity index (χ2v) is 10.2. The zero-order valence-corrected chi connectivity index (χ0v) is 20.8. The average molecular weight is 466 g/mol. The van der Waals surface area contributed by atoms with Gasteiger partial charge in [0.05, 0.1) is 6.20 Å². The molecular formula is C28H31N7. The molecule has 0 unspecified atom stereocenters. The molecule has 0 spiro atoms. The van der Waals surface area contributed by atoms with Crippen molar-refractivity contribution in [2.24, 2.45) is 0 Å². The topological polar surface area (TPSA) is 71.2 Å². The third-order valence-electron chi connectivity index (χ3n) is 7.23. The van der Waals surface area contributed by atoms with E-state index in [9.17, 15) is 0 Å². The van der Waals surface area contributed by atoms with Gasteiger partial charge in [0.2, 0.25) is 5.95 Å². The lowest BCUT2D eigenvalue weighted by Gasteiger charge is -2.26. The largest absolute Gasteiger partial charge is 0.363 e. The van der Waals surface area contributed by atoms with Crippen molar-refractivity contribution in [3.05, 3.63) is 71.1 Å². The minimum Gasteiger partial charge on any atom is -0.363 e. The van der Waals surface area contributed by atoms with Gasteiger partial charge in [-0.1, -0.05) is 43.7 Å². The maximum atomic E-state index is 4.95. The van der Waals surface area contributed by atoms with Crippen molar-refractivity contribution in [2.75, 3.05) is 24.3 Å². The van der Waals surface area contributed by atoms with Gasteiger partial charge in [-0.05, 0) is 60.4 Å². The predicted octanol–water partition coefficient (Wildman–Crippen LogP) is 5.35. The lowest BCUT2D eigenvalue weighted by molar-refractivity contribution is 0.625. The number of pyridine rings is 1. The van der Waals surface area contributed by atoms with Crippen LogP contribution in [0.5, 0.6) is 0 Å². The molecule has 1 aromatic carbocycles. The molecule has 4 aromatic rings. The first-order valence-electron chi connectivity index (χ1n) is 12.4. The molecule has 0 aliphatic heterocycles. The zero-order chi connectivity index (χ0) is 24.1. The SMILES string of the molecule is CC(C)c1cnn2c(N[C@@H]3CCC4=C(C3)c3ccccc3C4)nc(-c3ccc(N(C)C)nc3)nc12. The Balaban J connectivity index is 1.36. The highest BCUT2D eigenvalue weighted by Crippen LogP contribution is 2.42. The van der Waals surface area contributed by atoms with Crippen LogP contribution in [0.15, 0.2) is 54.4 Å². The highest BCUT2D eigenvalue weighted by Gasteiger charge is 2.29. The molecule has 2 aliphatic rings. The maximum absolute atomic E-state index is 4.95. The molecule has 1 atom stereocenters. The van der Waals surface area contributed by atoms with Gasteiger partial charge in [0.1, 0.15) is 5.82 Å². The number of benzene rings is 1. The summed E-state index contributed by atoms with van der Waals surface area (Å²) in [4.78, 5) is 16.4. The van der Waals surface area contributed by atoms with Crippen LogP contribution in [0.3, 0.4) is 0 Å². The van der Waals surface area contributed by atoms with Crippen LogP contribution in [0.4, 0.5) is 11.8 Å². The standard InChI is InChI=1S/C28H31N7/c1-17(2)24-16-30-35-27(24)32-26(20-10-12-25(29-15-20)34(3)4)33-28(35)31-21-11-9-19-13-18-7-5-6-8-22(18)23(19)14-21/h5-8,10,12,15-17,21H,9,11,13-14H2,1-4H3,(H,31,32,33)/t21-/m1/s1. The fourth-order valence-corrected chi connectivity index (χ4v) is 5.30. The minimum atomic E-state index is 0.298. The van der Waals surface area contributed by atoms with Gasteiger partial charge in [0.25, 0.3) is 0 Å². The third-order valence-corrected chi connectivity index (χ3v) is 7.23. The van der Waals surface area contributed by atoms with E-state index in [1.165, 1.54) is 16.7 Å². The van der Waals surface area contributed by atoms with Crippen LogP contribution in [-0.2, 0) is 6.42 Å². The van der Waals surface area contributed by atoms with Gasteiger partial charge in [-0.25, -0.2) is 9.97 Å². The quantitative estimate of drug-likeness (QED) is 0.428. The molecule has 7 heteroatoms. The van der Waals surface area contributed by atoms with Crippen LogP contribution in [0.25, 0.3) is 22.6 Å². The highest BCUT2D eigenvalue weighted by molar-refractivity contribution is 5.78. The molecular weight excluding hydrogens is 434 g/mol. The Morgan fingerprint density at radius 3 is 2.69 bits per heavy atom. The summed E-state index contributed by atoms with van der Waals surface area (Å²) >= 11 is 0. The summed E-state index contributed by atoms with van der Waals surface area (Å²) in [6, 6.07) is 13.2. The second kappa shape index (κ2) is 8.48. The summed E-state index contributed by atoms with van der Waals surface area (Å²) < 4.78 is 1.87. The van der Waals surface area contributed by atoms with Crippen molar-refractivity contribution in [3.8, 4) is 11.4 Å². The van der Waals surface area contributed by atoms with E-state index >= 15 is 0 Å². The summed E-state index contributed by atoms with van der Waals surface area (Å²) in [5, 5.41) is 8.42. The molecule has 0 saturated heterocycles. The first-order valence-corrected chi connectivity index (χ1v) is 12.4. The van der Waals surface area contributed by atoms with Crippen LogP contribution in [0, 0.1) is 0 Å². The molecule has 3 aromatic heterocycles. The molecule has 0 radical (unpaired) electrons. The summed E-state index contributed by atoms with van der Waals surface area (Å²) in [7, 11) is 3.98. The van der Waals surface area contributed by atoms with Crippen molar-refractivity contribution in [2.45, 2.75) is 51.5 Å². The number of aromatic nitrogens is 5. The predicted molar refractivity (Wildman–Crippen MR) is 141 cm³/mol. The van der Waals surface area contributed by atoms with Crippen molar-refractivity contribution >= 4 is 23.0 Å². The average Bonchev–Trinajstić information content (AvgIpc) is 3.46. The Labute approximate surface area is 205 Å². The van der Waals surface area contributed by atoms with Crippen LogP contribution in [0.2, 0.25) is 0 Å². The molecule has 0 amide bonds. The molecule has 0 saturated carbocycles. The van der Waals surface area contributed by atoms with E-state index in [0.717, 1.165) is 54.2 Å². The van der Waals surface area contributed by atoms with E-state index in [2.05, 4.69) is 53.5 Å². The van der Waals surface area contributed by atoms with Crippen LogP contribution < -0.4 is 10.2 Å². The van der Waals surface area contributed by atoms with Gasteiger partial charge >= 0.3 is 0 Å². The molecule has 1 N–H and O–H groups in total. The van der Waals surface area contributed by atoms with E-state index in [0.29, 0.717) is 17.8 Å². The van der Waals surface area contributed by atoms with Crippen LogP contribution in [0.1, 0.15) is 55.7 Å². The number of hydrogen-bond donors (Lipinski definition) is 1. The van der Waals surface area contributed by atoms with E-state index in [4.69, 9.17) is 9.97 Å². The Kier molecular flexibility index (Phi) is 5.28. The summed E-state index contributed by atoms with van der Waals surface area (Å²) in [5.74, 6) is 2.63. The molecule has 0 fully saturated rings. The van der Waals surface area contributed by atoms with Crippen LogP contribution in [-0.4, -0.2) is 44.7 Å². The fourth-order valence-electron chi connectivity index (χ4n) is 5.30. The first-order chi connectivity index (χ1) is 17.0. The van der Waals surface area contributed by atoms with Crippen molar-refractivity contribution in [3.63, 3.8) is 0 Å². The van der Waals surface area contributed by atoms with Gasteiger partial charge in [0, 0.05) is 37.5 Å². The fraction of sp³-hybridized carbons (Fsp3) is 0.357. The minimum absolute atomic E-state index is 0.298. The Hall–Kier alpha value is -3.74. The van der Waals surface area contributed by atoms with E-state index in [1.807, 2.05) is 48.0 Å². The van der Waals surface area contributed by atoms with E-state index < -0.39 is 0 Å². The molecule has 7 nitrogen and oxygen atoms in total. The van der Waals surface area contributed by atoms with Crippen molar-refractivity contribution in [1.82, 2.24) is 24.6 Å². The van der Waals surface area contributed by atoms with Gasteiger partial charge < -0.3 is 10.2 Å². The Morgan fingerprint density at radius 1 is 1.06 bits per heavy atom. The van der Waals surface area contributed by atoms with Gasteiger partial charge in [-0.2, -0.15) is 14.6 Å². The van der Waals surface area contributed by atoms with Crippen molar-refractivity contribution in [1.29, 1.82) is 0 Å². The summed E-state index contributed by atoms with van der Waals surface area (Å²) in [5.41, 5.74) is 8.88. The van der Waals surface area contributed by atoms with E-state index in [1.54, 1.807) is 5.57 Å². The van der Waals surface area contributed by atoms with Gasteiger partial charge in [-0.15, -0.1) is 0 Å². The van der Waals surface area contributed by atoms with Crippen molar-refractivity contribution < 1.29 is 0 Å². The number of fused-ring (bicyclic) bond motifs is 3. The second-order valence-electron chi connectivity index (χ2n) is 10.2. The molecule has 6 rings (SSSR count). The lowest BCUT2D eigenvalue weighted by Crippen LogP contribution is -2.25. The molecule has 178 valence electrons. The lowest BCUT2D eigenvalue weighted by atomic mass is 9.88. The molecule has 2 aliphatic carbocycles. The third kappa shape index (κ3) is 3.85. The monoisotopic (exact) mass is 465 g/mol. The number of nitrogens with zero attached hydrogens (tertiary/aromatic N) is 6. The Bertz CT molecular complexity index is 1430. The summed E-state index contributed by atoms with van der Waals surface area (Å²) in [6.45, 7) is 4.35.